The molecular weight excluding hydrogens is 795 g/mol. The van der Waals surface area contributed by atoms with E-state index in [-0.39, 0.29) is 12.5 Å². The molecule has 0 rings (SSSR count). The van der Waals surface area contributed by atoms with E-state index in [0.29, 0.717) is 6.42 Å². The van der Waals surface area contributed by atoms with E-state index in [0.717, 1.165) is 32.1 Å². The number of aliphatic hydroxyl groups is 2. The number of amides is 1. The van der Waals surface area contributed by atoms with Gasteiger partial charge in [-0.1, -0.05) is 301 Å². The van der Waals surface area contributed by atoms with Crippen molar-refractivity contribution in [3.8, 4) is 0 Å². The molecule has 0 heterocycles. The molecule has 1 amide bonds. The molecule has 2 atom stereocenters. The standard InChI is InChI=1S/C61H117NO3/c1-3-5-7-9-11-13-15-17-19-21-22-23-24-25-26-27-28-29-30-31-32-33-34-35-36-37-38-39-40-41-43-45-47-49-51-53-55-57-61(65)62-59(58-63)60(64)56-54-52-50-48-46-44-42-20-18-16-14-12-10-8-6-4-2/h21-22,46,48,54,56,59-60,63-64H,3-20,23-45,47,49-53,55,57-58H2,1-2H3,(H,62,65)/b22-21-,48-46+,56-54+. The maximum absolute atomic E-state index is 12.5. The molecule has 0 spiro atoms. The topological polar surface area (TPSA) is 69.6 Å². The van der Waals surface area contributed by atoms with E-state index >= 15 is 0 Å². The predicted octanol–water partition coefficient (Wildman–Crippen LogP) is 19.6. The van der Waals surface area contributed by atoms with Crippen LogP contribution in [0.4, 0.5) is 0 Å². The number of unbranched alkanes of at least 4 members (excludes halogenated alkanes) is 44. The van der Waals surface area contributed by atoms with Crippen LogP contribution in [0, 0.1) is 0 Å². The van der Waals surface area contributed by atoms with E-state index < -0.39 is 12.1 Å². The minimum absolute atomic E-state index is 0.0681. The lowest BCUT2D eigenvalue weighted by atomic mass is 10.0. The van der Waals surface area contributed by atoms with Gasteiger partial charge < -0.3 is 15.5 Å². The molecule has 0 aromatic rings. The molecule has 0 aromatic heterocycles. The van der Waals surface area contributed by atoms with E-state index in [2.05, 4.69) is 43.5 Å². The van der Waals surface area contributed by atoms with Crippen LogP contribution in [0.1, 0.15) is 328 Å². The van der Waals surface area contributed by atoms with E-state index in [1.54, 1.807) is 6.08 Å². The average molecular weight is 913 g/mol. The van der Waals surface area contributed by atoms with E-state index in [1.807, 2.05) is 6.08 Å². The van der Waals surface area contributed by atoms with Crippen LogP contribution in [-0.4, -0.2) is 34.9 Å². The van der Waals surface area contributed by atoms with Gasteiger partial charge in [-0.15, -0.1) is 0 Å². The third kappa shape index (κ3) is 53.4. The summed E-state index contributed by atoms with van der Waals surface area (Å²) in [5, 5.41) is 23.1. The van der Waals surface area contributed by atoms with Crippen molar-refractivity contribution in [1.29, 1.82) is 0 Å². The first-order valence-electron chi connectivity index (χ1n) is 29.7. The molecule has 65 heavy (non-hydrogen) atoms. The summed E-state index contributed by atoms with van der Waals surface area (Å²) in [6.45, 7) is 4.32. The molecule has 0 aliphatic carbocycles. The molecular formula is C61H117NO3. The van der Waals surface area contributed by atoms with Crippen LogP contribution in [0.2, 0.25) is 0 Å². The van der Waals surface area contributed by atoms with Crippen LogP contribution in [0.3, 0.4) is 0 Å². The maximum Gasteiger partial charge on any atom is 0.220 e. The highest BCUT2D eigenvalue weighted by Gasteiger charge is 2.18. The van der Waals surface area contributed by atoms with Gasteiger partial charge in [0.1, 0.15) is 0 Å². The zero-order chi connectivity index (χ0) is 47.0. The molecule has 3 N–H and O–H groups in total. The van der Waals surface area contributed by atoms with Gasteiger partial charge in [0.2, 0.25) is 5.91 Å². The van der Waals surface area contributed by atoms with Crippen molar-refractivity contribution in [3.05, 3.63) is 36.5 Å². The van der Waals surface area contributed by atoms with Crippen molar-refractivity contribution in [2.75, 3.05) is 6.61 Å². The second kappa shape index (κ2) is 56.9. The fourth-order valence-corrected chi connectivity index (χ4v) is 9.31. The smallest absolute Gasteiger partial charge is 0.220 e. The lowest BCUT2D eigenvalue weighted by Crippen LogP contribution is -2.45. The molecule has 0 bridgehead atoms. The van der Waals surface area contributed by atoms with Crippen molar-refractivity contribution in [2.45, 2.75) is 341 Å². The van der Waals surface area contributed by atoms with E-state index in [1.165, 1.54) is 276 Å². The summed E-state index contributed by atoms with van der Waals surface area (Å²) >= 11 is 0. The highest BCUT2D eigenvalue weighted by molar-refractivity contribution is 5.76. The lowest BCUT2D eigenvalue weighted by Gasteiger charge is -2.19. The van der Waals surface area contributed by atoms with Crippen LogP contribution in [0.15, 0.2) is 36.5 Å². The molecule has 4 nitrogen and oxygen atoms in total. The number of nitrogens with one attached hydrogen (secondary N) is 1. The van der Waals surface area contributed by atoms with Crippen LogP contribution in [0.5, 0.6) is 0 Å². The Kier molecular flexibility index (Phi) is 55.7. The zero-order valence-electron chi connectivity index (χ0n) is 44.3. The normalized spacial score (nSPS) is 13.0. The average Bonchev–Trinajstić information content (AvgIpc) is 3.31. The van der Waals surface area contributed by atoms with Gasteiger partial charge in [0, 0.05) is 6.42 Å². The minimum Gasteiger partial charge on any atom is -0.394 e. The Morgan fingerprint density at radius 1 is 0.354 bits per heavy atom. The van der Waals surface area contributed by atoms with Crippen molar-refractivity contribution in [2.24, 2.45) is 0 Å². The van der Waals surface area contributed by atoms with Crippen LogP contribution in [-0.2, 0) is 4.79 Å². The summed E-state index contributed by atoms with van der Waals surface area (Å²) in [7, 11) is 0. The zero-order valence-corrected chi connectivity index (χ0v) is 44.3. The number of hydrogen-bond donors (Lipinski definition) is 3. The van der Waals surface area contributed by atoms with Crippen molar-refractivity contribution in [1.82, 2.24) is 5.32 Å². The first-order valence-corrected chi connectivity index (χ1v) is 29.7. The molecule has 0 fully saturated rings. The first kappa shape index (κ1) is 63.6. The molecule has 2 unspecified atom stereocenters. The van der Waals surface area contributed by atoms with Gasteiger partial charge >= 0.3 is 0 Å². The molecule has 0 aliphatic rings. The lowest BCUT2D eigenvalue weighted by molar-refractivity contribution is -0.123. The van der Waals surface area contributed by atoms with Gasteiger partial charge in [0.05, 0.1) is 18.8 Å². The summed E-state index contributed by atoms with van der Waals surface area (Å²) in [5.74, 6) is -0.0681. The number of allylic oxidation sites excluding steroid dienone is 5. The minimum atomic E-state index is -0.860. The Labute approximate surface area is 408 Å². The van der Waals surface area contributed by atoms with Crippen LogP contribution < -0.4 is 5.32 Å². The summed E-state index contributed by atoms with van der Waals surface area (Å²) < 4.78 is 0. The quantitative estimate of drug-likeness (QED) is 0.0421. The monoisotopic (exact) mass is 912 g/mol. The number of aliphatic hydroxyl groups excluding tert-OH is 2. The number of hydrogen-bond acceptors (Lipinski definition) is 3. The fraction of sp³-hybridized carbons (Fsp3) is 0.885. The summed E-state index contributed by atoms with van der Waals surface area (Å²) in [4.78, 5) is 12.5. The van der Waals surface area contributed by atoms with Crippen LogP contribution >= 0.6 is 0 Å². The van der Waals surface area contributed by atoms with Gasteiger partial charge in [-0.05, 0) is 57.8 Å². The summed E-state index contributed by atoms with van der Waals surface area (Å²) in [6, 6.07) is -0.637. The second-order valence-electron chi connectivity index (χ2n) is 20.4. The molecule has 0 aliphatic heterocycles. The molecule has 0 saturated heterocycles. The SMILES string of the molecule is CCCCCCCCCC/C=C\CCCCCCCCCCCCCCCCCCCCCCCCCCCC(=O)NC(CO)C(O)/C=C/CC/C=C/CCCCCCCCCCCC. The Morgan fingerprint density at radius 2 is 0.600 bits per heavy atom. The summed E-state index contributed by atoms with van der Waals surface area (Å²) in [6.07, 6.45) is 77.7. The van der Waals surface area contributed by atoms with E-state index in [9.17, 15) is 15.0 Å². The molecule has 4 heteroatoms. The molecule has 0 saturated carbocycles. The van der Waals surface area contributed by atoms with Gasteiger partial charge in [-0.3, -0.25) is 4.79 Å². The van der Waals surface area contributed by atoms with Gasteiger partial charge in [0.15, 0.2) is 0 Å². The highest BCUT2D eigenvalue weighted by atomic mass is 16.3. The Balaban J connectivity index is 3.41. The number of carbonyl (C=O) groups is 1. The van der Waals surface area contributed by atoms with E-state index in [4.69, 9.17) is 0 Å². The maximum atomic E-state index is 12.5. The van der Waals surface area contributed by atoms with Crippen LogP contribution in [0.25, 0.3) is 0 Å². The Hall–Kier alpha value is -1.39. The first-order chi connectivity index (χ1) is 32.2. The van der Waals surface area contributed by atoms with Crippen molar-refractivity contribution < 1.29 is 15.0 Å². The predicted molar refractivity (Wildman–Crippen MR) is 290 cm³/mol. The number of rotatable bonds is 55. The largest absolute Gasteiger partial charge is 0.394 e. The van der Waals surface area contributed by atoms with Crippen molar-refractivity contribution >= 4 is 5.91 Å². The highest BCUT2D eigenvalue weighted by Crippen LogP contribution is 2.17. The summed E-state index contributed by atoms with van der Waals surface area (Å²) in [5.41, 5.74) is 0. The Morgan fingerprint density at radius 3 is 0.892 bits per heavy atom. The van der Waals surface area contributed by atoms with Gasteiger partial charge in [-0.2, -0.15) is 0 Å². The fourth-order valence-electron chi connectivity index (χ4n) is 9.31. The molecule has 384 valence electrons. The molecule has 0 aromatic carbocycles. The van der Waals surface area contributed by atoms with Gasteiger partial charge in [0.25, 0.3) is 0 Å². The Bertz CT molecular complexity index is 989. The third-order valence-corrected chi connectivity index (χ3v) is 13.8. The second-order valence-corrected chi connectivity index (χ2v) is 20.4. The van der Waals surface area contributed by atoms with Crippen molar-refractivity contribution in [3.63, 3.8) is 0 Å². The molecule has 0 radical (unpaired) electrons. The number of carbonyl (C=O) groups excluding carboxylic acids is 1. The third-order valence-electron chi connectivity index (χ3n) is 13.8. The van der Waals surface area contributed by atoms with Gasteiger partial charge in [-0.25, -0.2) is 0 Å².